The van der Waals surface area contributed by atoms with Crippen molar-refractivity contribution in [3.63, 3.8) is 0 Å². The highest BCUT2D eigenvalue weighted by Gasteiger charge is 2.35. The van der Waals surface area contributed by atoms with Gasteiger partial charge >= 0.3 is 0 Å². The molecule has 1 aliphatic rings. The van der Waals surface area contributed by atoms with Crippen molar-refractivity contribution in [2.75, 3.05) is 13.2 Å². The summed E-state index contributed by atoms with van der Waals surface area (Å²) in [6, 6.07) is 10.7. The maximum absolute atomic E-state index is 13.8. The lowest BCUT2D eigenvalue weighted by molar-refractivity contribution is -0.120. The van der Waals surface area contributed by atoms with Crippen LogP contribution in [0.5, 0.6) is 5.75 Å². The van der Waals surface area contributed by atoms with Gasteiger partial charge in [-0.25, -0.2) is 4.39 Å². The van der Waals surface area contributed by atoms with Crippen LogP contribution in [0, 0.1) is 5.82 Å². The molecule has 1 aliphatic heterocycles. The molecule has 0 bridgehead atoms. The normalized spacial score (nSPS) is 17.7. The molecule has 2 aromatic carbocycles. The second-order valence-electron chi connectivity index (χ2n) is 8.40. The van der Waals surface area contributed by atoms with Crippen LogP contribution in [0.2, 0.25) is 5.02 Å². The standard InChI is InChI=1S/C24H29ClFNO3/c1-16(2)29-10-4-9-27-23(28)13-17-6-8-22-19(11-17)15-24(3,30-22)14-18-5-7-20(25)21(26)12-18/h5-8,11-12,16H,4,9-10,13-15H2,1-3H3,(H,27,28). The van der Waals surface area contributed by atoms with E-state index in [0.29, 0.717) is 32.4 Å². The molecule has 162 valence electrons. The van der Waals surface area contributed by atoms with Crippen LogP contribution in [-0.4, -0.2) is 30.8 Å². The number of fused-ring (bicyclic) bond motifs is 1. The minimum atomic E-state index is -0.458. The molecule has 0 saturated carbocycles. The number of carbonyl (C=O) groups is 1. The SMILES string of the molecule is CC(C)OCCCNC(=O)Cc1ccc2c(c1)CC(C)(Cc1ccc(Cl)c(F)c1)O2. The second kappa shape index (κ2) is 9.80. The summed E-state index contributed by atoms with van der Waals surface area (Å²) in [4.78, 5) is 12.2. The fraction of sp³-hybridized carbons (Fsp3) is 0.458. The molecule has 0 fully saturated rings. The first-order valence-corrected chi connectivity index (χ1v) is 10.7. The van der Waals surface area contributed by atoms with Crippen LogP contribution in [-0.2, 0) is 28.8 Å². The quantitative estimate of drug-likeness (QED) is 0.573. The van der Waals surface area contributed by atoms with Gasteiger partial charge in [0.05, 0.1) is 17.5 Å². The van der Waals surface area contributed by atoms with E-state index in [2.05, 4.69) is 5.32 Å². The van der Waals surface area contributed by atoms with Gasteiger partial charge in [-0.2, -0.15) is 0 Å². The predicted octanol–water partition coefficient (Wildman–Crippen LogP) is 4.89. The third kappa shape index (κ3) is 6.19. The van der Waals surface area contributed by atoms with Gasteiger partial charge in [0.1, 0.15) is 17.2 Å². The smallest absolute Gasteiger partial charge is 0.224 e. The molecule has 2 aromatic rings. The van der Waals surface area contributed by atoms with Gasteiger partial charge in [-0.3, -0.25) is 4.79 Å². The molecule has 30 heavy (non-hydrogen) atoms. The van der Waals surface area contributed by atoms with E-state index in [9.17, 15) is 9.18 Å². The van der Waals surface area contributed by atoms with E-state index in [1.165, 1.54) is 6.07 Å². The van der Waals surface area contributed by atoms with Crippen LogP contribution in [0.1, 0.15) is 43.9 Å². The topological polar surface area (TPSA) is 47.6 Å². The number of benzene rings is 2. The van der Waals surface area contributed by atoms with Crippen molar-refractivity contribution in [3.05, 3.63) is 63.9 Å². The van der Waals surface area contributed by atoms with Crippen LogP contribution >= 0.6 is 11.6 Å². The lowest BCUT2D eigenvalue weighted by Crippen LogP contribution is -2.32. The summed E-state index contributed by atoms with van der Waals surface area (Å²) in [5.41, 5.74) is 2.41. The van der Waals surface area contributed by atoms with Gasteiger partial charge in [0.15, 0.2) is 0 Å². The van der Waals surface area contributed by atoms with Crippen molar-refractivity contribution in [1.82, 2.24) is 5.32 Å². The predicted molar refractivity (Wildman–Crippen MR) is 117 cm³/mol. The first-order valence-electron chi connectivity index (χ1n) is 10.4. The van der Waals surface area contributed by atoms with Crippen LogP contribution in [0.3, 0.4) is 0 Å². The largest absolute Gasteiger partial charge is 0.487 e. The number of amides is 1. The van der Waals surface area contributed by atoms with Gasteiger partial charge in [-0.1, -0.05) is 29.8 Å². The molecular weight excluding hydrogens is 405 g/mol. The Morgan fingerprint density at radius 1 is 1.27 bits per heavy atom. The van der Waals surface area contributed by atoms with E-state index in [0.717, 1.165) is 28.9 Å². The van der Waals surface area contributed by atoms with Gasteiger partial charge in [0.25, 0.3) is 0 Å². The van der Waals surface area contributed by atoms with Crippen LogP contribution in [0.25, 0.3) is 0 Å². The van der Waals surface area contributed by atoms with E-state index in [1.54, 1.807) is 6.07 Å². The molecule has 1 amide bonds. The van der Waals surface area contributed by atoms with Gasteiger partial charge in [-0.05, 0) is 62.1 Å². The zero-order valence-corrected chi connectivity index (χ0v) is 18.5. The van der Waals surface area contributed by atoms with Crippen molar-refractivity contribution in [3.8, 4) is 5.75 Å². The van der Waals surface area contributed by atoms with E-state index in [1.807, 2.05) is 45.0 Å². The number of halogens is 2. The molecule has 3 rings (SSSR count). The van der Waals surface area contributed by atoms with E-state index >= 15 is 0 Å². The van der Waals surface area contributed by atoms with Crippen molar-refractivity contribution in [2.45, 2.75) is 58.2 Å². The van der Waals surface area contributed by atoms with Crippen LogP contribution in [0.15, 0.2) is 36.4 Å². The van der Waals surface area contributed by atoms with Gasteiger partial charge in [0, 0.05) is 26.0 Å². The molecule has 0 aliphatic carbocycles. The maximum atomic E-state index is 13.8. The number of rotatable bonds is 9. The number of nitrogens with one attached hydrogen (secondary N) is 1. The number of hydrogen-bond acceptors (Lipinski definition) is 3. The van der Waals surface area contributed by atoms with E-state index < -0.39 is 11.4 Å². The van der Waals surface area contributed by atoms with Crippen molar-refractivity contribution in [2.24, 2.45) is 0 Å². The third-order valence-corrected chi connectivity index (χ3v) is 5.37. The molecule has 6 heteroatoms. The summed E-state index contributed by atoms with van der Waals surface area (Å²) in [6.07, 6.45) is 2.61. The van der Waals surface area contributed by atoms with E-state index in [-0.39, 0.29) is 17.0 Å². The molecule has 0 radical (unpaired) electrons. The zero-order valence-electron chi connectivity index (χ0n) is 17.8. The highest BCUT2D eigenvalue weighted by Crippen LogP contribution is 2.37. The minimum Gasteiger partial charge on any atom is -0.487 e. The average molecular weight is 434 g/mol. The summed E-state index contributed by atoms with van der Waals surface area (Å²) in [6.45, 7) is 7.26. The number of carbonyl (C=O) groups excluding carboxylic acids is 1. The summed E-state index contributed by atoms with van der Waals surface area (Å²) in [5.74, 6) is 0.400. The Morgan fingerprint density at radius 3 is 2.77 bits per heavy atom. The molecule has 4 nitrogen and oxygen atoms in total. The molecule has 0 spiro atoms. The maximum Gasteiger partial charge on any atom is 0.224 e. The lowest BCUT2D eigenvalue weighted by atomic mass is 9.91. The van der Waals surface area contributed by atoms with Crippen LogP contribution in [0.4, 0.5) is 4.39 Å². The number of ether oxygens (including phenoxy) is 2. The highest BCUT2D eigenvalue weighted by atomic mass is 35.5. The summed E-state index contributed by atoms with van der Waals surface area (Å²) in [5, 5.41) is 3.06. The summed E-state index contributed by atoms with van der Waals surface area (Å²) >= 11 is 5.78. The van der Waals surface area contributed by atoms with Crippen molar-refractivity contribution in [1.29, 1.82) is 0 Å². The molecule has 0 saturated heterocycles. The Labute approximate surface area is 182 Å². The van der Waals surface area contributed by atoms with Crippen molar-refractivity contribution < 1.29 is 18.7 Å². The molecule has 1 heterocycles. The molecule has 1 atom stereocenters. The number of hydrogen-bond donors (Lipinski definition) is 1. The lowest BCUT2D eigenvalue weighted by Gasteiger charge is -2.24. The third-order valence-electron chi connectivity index (χ3n) is 5.07. The highest BCUT2D eigenvalue weighted by molar-refractivity contribution is 6.30. The summed E-state index contributed by atoms with van der Waals surface area (Å²) < 4.78 is 25.4. The van der Waals surface area contributed by atoms with Crippen LogP contribution < -0.4 is 10.1 Å². The Hall–Kier alpha value is -2.11. The second-order valence-corrected chi connectivity index (χ2v) is 8.80. The zero-order chi connectivity index (χ0) is 21.7. The average Bonchev–Trinajstić information content (AvgIpc) is 2.99. The molecule has 1 unspecified atom stereocenters. The monoisotopic (exact) mass is 433 g/mol. The summed E-state index contributed by atoms with van der Waals surface area (Å²) in [7, 11) is 0. The van der Waals surface area contributed by atoms with Crippen molar-refractivity contribution >= 4 is 17.5 Å². The van der Waals surface area contributed by atoms with Gasteiger partial charge in [0.2, 0.25) is 5.91 Å². The first-order chi connectivity index (χ1) is 14.2. The van der Waals surface area contributed by atoms with Gasteiger partial charge < -0.3 is 14.8 Å². The Morgan fingerprint density at radius 2 is 2.03 bits per heavy atom. The fourth-order valence-corrected chi connectivity index (χ4v) is 3.85. The Kier molecular flexibility index (Phi) is 7.37. The Balaban J connectivity index is 1.54. The minimum absolute atomic E-state index is 0.00202. The first kappa shape index (κ1) is 22.6. The van der Waals surface area contributed by atoms with E-state index in [4.69, 9.17) is 21.1 Å². The molecule has 1 N–H and O–H groups in total. The molecule has 0 aromatic heterocycles. The Bertz CT molecular complexity index is 902. The molecular formula is C24H29ClFNO3. The fourth-order valence-electron chi connectivity index (χ4n) is 3.73. The van der Waals surface area contributed by atoms with Gasteiger partial charge in [-0.15, -0.1) is 0 Å².